The first-order chi connectivity index (χ1) is 14.0. The average Bonchev–Trinajstić information content (AvgIpc) is 3.18. The molecule has 1 fully saturated rings. The van der Waals surface area contributed by atoms with Crippen LogP contribution in [0.4, 0.5) is 4.39 Å². The van der Waals surface area contributed by atoms with Crippen molar-refractivity contribution in [1.82, 2.24) is 0 Å². The summed E-state index contributed by atoms with van der Waals surface area (Å²) in [5, 5.41) is 31.4. The molecule has 0 aliphatic carbocycles. The first-order valence-electron chi connectivity index (χ1n) is 9.86. The number of benzene rings is 2. The van der Waals surface area contributed by atoms with Gasteiger partial charge in [0, 0.05) is 9.58 Å². The number of aliphatic hydroxyl groups is 3. The predicted molar refractivity (Wildman–Crippen MR) is 112 cm³/mol. The maximum Gasteiger partial charge on any atom is 0.121 e. The highest BCUT2D eigenvalue weighted by atomic mass is 32.1. The van der Waals surface area contributed by atoms with Crippen LogP contribution < -0.4 is 0 Å². The zero-order valence-corrected chi connectivity index (χ0v) is 17.0. The van der Waals surface area contributed by atoms with Crippen molar-refractivity contribution in [2.45, 2.75) is 50.3 Å². The number of aliphatic hydroxyl groups excluding tert-OH is 3. The highest BCUT2D eigenvalue weighted by molar-refractivity contribution is 7.19. The second-order valence-corrected chi connectivity index (χ2v) is 8.66. The third kappa shape index (κ3) is 3.96. The first kappa shape index (κ1) is 20.4. The van der Waals surface area contributed by atoms with E-state index in [9.17, 15) is 19.7 Å². The third-order valence-corrected chi connectivity index (χ3v) is 6.80. The van der Waals surface area contributed by atoms with E-state index in [1.165, 1.54) is 22.5 Å². The highest BCUT2D eigenvalue weighted by Gasteiger charge is 2.44. The summed E-state index contributed by atoms with van der Waals surface area (Å²) in [5.41, 5.74) is 3.67. The molecular weight excluding hydrogens is 391 g/mol. The Bertz CT molecular complexity index is 969. The monoisotopic (exact) mass is 416 g/mol. The maximum atomic E-state index is 13.2. The van der Waals surface area contributed by atoms with Gasteiger partial charge in [0.25, 0.3) is 0 Å². The number of halogens is 1. The molecule has 0 amide bonds. The summed E-state index contributed by atoms with van der Waals surface area (Å²) in [6.07, 6.45) is -4.44. The summed E-state index contributed by atoms with van der Waals surface area (Å²) in [7, 11) is 0. The molecule has 4 nitrogen and oxygen atoms in total. The van der Waals surface area contributed by atoms with Crippen LogP contribution in [-0.4, -0.2) is 46.4 Å². The number of fused-ring (bicyclic) bond motifs is 1. The number of thiophene rings is 1. The lowest BCUT2D eigenvalue weighted by molar-refractivity contribution is -0.226. The normalized spacial score (nSPS) is 27.4. The third-order valence-electron chi connectivity index (χ3n) is 5.64. The van der Waals surface area contributed by atoms with Crippen LogP contribution in [0.2, 0.25) is 0 Å². The maximum absolute atomic E-state index is 13.2. The van der Waals surface area contributed by atoms with Crippen molar-refractivity contribution in [1.29, 1.82) is 0 Å². The van der Waals surface area contributed by atoms with E-state index in [1.807, 2.05) is 18.2 Å². The largest absolute Gasteiger partial charge is 0.387 e. The highest BCUT2D eigenvalue weighted by Crippen LogP contribution is 2.39. The molecule has 1 aliphatic rings. The van der Waals surface area contributed by atoms with Gasteiger partial charge >= 0.3 is 0 Å². The smallest absolute Gasteiger partial charge is 0.121 e. The van der Waals surface area contributed by atoms with E-state index >= 15 is 0 Å². The minimum atomic E-state index is -1.45. The summed E-state index contributed by atoms with van der Waals surface area (Å²) in [4.78, 5) is 0.714. The fraction of sp³-hybridized carbons (Fsp3) is 0.391. The van der Waals surface area contributed by atoms with Gasteiger partial charge in [-0.25, -0.2) is 4.39 Å². The molecular formula is C23H25FO4S. The van der Waals surface area contributed by atoms with Gasteiger partial charge in [-0.05, 0) is 47.1 Å². The van der Waals surface area contributed by atoms with E-state index in [2.05, 4.69) is 37.3 Å². The van der Waals surface area contributed by atoms with Crippen LogP contribution in [0.3, 0.4) is 0 Å². The van der Waals surface area contributed by atoms with Gasteiger partial charge in [0.1, 0.15) is 37.2 Å². The first-order valence-corrected chi connectivity index (χ1v) is 10.7. The Morgan fingerprint density at radius 3 is 2.38 bits per heavy atom. The molecule has 3 N–H and O–H groups in total. The van der Waals surface area contributed by atoms with Crippen molar-refractivity contribution in [2.24, 2.45) is 0 Å². The van der Waals surface area contributed by atoms with E-state index in [0.29, 0.717) is 4.88 Å². The van der Waals surface area contributed by atoms with Crippen LogP contribution in [-0.2, 0) is 17.6 Å². The van der Waals surface area contributed by atoms with Crippen molar-refractivity contribution in [3.63, 3.8) is 0 Å². The van der Waals surface area contributed by atoms with Crippen LogP contribution in [0.1, 0.15) is 34.6 Å². The fourth-order valence-electron chi connectivity index (χ4n) is 3.86. The molecule has 3 aromatic rings. The zero-order chi connectivity index (χ0) is 20.5. The molecule has 5 atom stereocenters. The lowest BCUT2D eigenvalue weighted by atomic mass is 9.94. The molecule has 0 unspecified atom stereocenters. The molecule has 1 aromatic heterocycles. The molecule has 0 bridgehead atoms. The minimum Gasteiger partial charge on any atom is -0.387 e. The van der Waals surface area contributed by atoms with Crippen LogP contribution in [0, 0.1) is 0 Å². The Morgan fingerprint density at radius 1 is 0.966 bits per heavy atom. The van der Waals surface area contributed by atoms with Gasteiger partial charge in [0.05, 0.1) is 0 Å². The SMILES string of the molecule is CCc1ccc(Cc2cccc3sc([C@@H]4O[C@H](CF)[C@@H](O)[C@H](O)[C@H]4O)cc23)cc1. The molecule has 2 heterocycles. The second-order valence-electron chi connectivity index (χ2n) is 7.55. The van der Waals surface area contributed by atoms with Crippen molar-refractivity contribution in [3.05, 3.63) is 70.1 Å². The van der Waals surface area contributed by atoms with E-state index in [-0.39, 0.29) is 0 Å². The summed E-state index contributed by atoms with van der Waals surface area (Å²) < 4.78 is 19.9. The van der Waals surface area contributed by atoms with Crippen LogP contribution in [0.25, 0.3) is 10.1 Å². The minimum absolute atomic E-state index is 0.714. The van der Waals surface area contributed by atoms with Crippen LogP contribution in [0.15, 0.2) is 48.5 Å². The fourth-order valence-corrected chi connectivity index (χ4v) is 5.05. The van der Waals surface area contributed by atoms with E-state index < -0.39 is 37.2 Å². The predicted octanol–water partition coefficient (Wildman–Crippen LogP) is 3.55. The number of hydrogen-bond donors (Lipinski definition) is 3. The number of hydrogen-bond acceptors (Lipinski definition) is 5. The molecule has 1 aliphatic heterocycles. The molecule has 154 valence electrons. The van der Waals surface area contributed by atoms with Crippen LogP contribution >= 0.6 is 11.3 Å². The second kappa shape index (κ2) is 8.50. The number of ether oxygens (including phenoxy) is 1. The number of aryl methyl sites for hydroxylation is 1. The molecule has 0 radical (unpaired) electrons. The van der Waals surface area contributed by atoms with E-state index in [1.54, 1.807) is 0 Å². The Balaban J connectivity index is 1.65. The lowest BCUT2D eigenvalue weighted by Crippen LogP contribution is -2.54. The van der Waals surface area contributed by atoms with Crippen molar-refractivity contribution < 1.29 is 24.4 Å². The van der Waals surface area contributed by atoms with E-state index in [0.717, 1.165) is 28.5 Å². The van der Waals surface area contributed by atoms with Gasteiger partial charge < -0.3 is 20.1 Å². The summed E-state index contributed by atoms with van der Waals surface area (Å²) in [6, 6.07) is 16.6. The number of rotatable bonds is 5. The van der Waals surface area contributed by atoms with Gasteiger partial charge in [-0.15, -0.1) is 11.3 Å². The van der Waals surface area contributed by atoms with Gasteiger partial charge in [0.2, 0.25) is 0 Å². The Morgan fingerprint density at radius 2 is 1.69 bits per heavy atom. The van der Waals surface area contributed by atoms with Gasteiger partial charge in [-0.1, -0.05) is 43.3 Å². The van der Waals surface area contributed by atoms with Crippen molar-refractivity contribution >= 4 is 21.4 Å². The van der Waals surface area contributed by atoms with Crippen molar-refractivity contribution in [3.8, 4) is 0 Å². The molecule has 0 spiro atoms. The summed E-state index contributed by atoms with van der Waals surface area (Å²) in [5.74, 6) is 0. The molecule has 4 rings (SSSR count). The van der Waals surface area contributed by atoms with Gasteiger partial charge in [0.15, 0.2) is 0 Å². The topological polar surface area (TPSA) is 69.9 Å². The lowest BCUT2D eigenvalue weighted by Gasteiger charge is -2.39. The molecule has 29 heavy (non-hydrogen) atoms. The summed E-state index contributed by atoms with van der Waals surface area (Å²) in [6.45, 7) is 1.21. The molecule has 6 heteroatoms. The zero-order valence-electron chi connectivity index (χ0n) is 16.2. The van der Waals surface area contributed by atoms with Crippen LogP contribution in [0.5, 0.6) is 0 Å². The summed E-state index contributed by atoms with van der Waals surface area (Å²) >= 11 is 1.45. The quantitative estimate of drug-likeness (QED) is 0.595. The Kier molecular flexibility index (Phi) is 5.99. The Hall–Kier alpha value is -1.83. The average molecular weight is 417 g/mol. The van der Waals surface area contributed by atoms with Crippen molar-refractivity contribution in [2.75, 3.05) is 6.67 Å². The molecule has 0 saturated carbocycles. The number of alkyl halides is 1. The Labute approximate surface area is 173 Å². The molecule has 1 saturated heterocycles. The standard InChI is InChI=1S/C23H25FO4S/c1-2-13-6-8-14(9-7-13)10-15-4-3-5-18-16(15)11-19(29-18)23-22(27)21(26)20(25)17(12-24)28-23/h3-9,11,17,20-23,25-27H,2,10,12H2,1H3/t17-,20-,21+,22-,23+/m1/s1. The van der Waals surface area contributed by atoms with Gasteiger partial charge in [-0.2, -0.15) is 0 Å². The van der Waals surface area contributed by atoms with Gasteiger partial charge in [-0.3, -0.25) is 0 Å². The van der Waals surface area contributed by atoms with E-state index in [4.69, 9.17) is 4.74 Å². The molecule has 2 aromatic carbocycles.